The Balaban J connectivity index is 2.51. The van der Waals surface area contributed by atoms with Crippen molar-refractivity contribution in [3.05, 3.63) is 34.3 Å². The van der Waals surface area contributed by atoms with E-state index in [0.717, 1.165) is 5.56 Å². The Morgan fingerprint density at radius 1 is 1.35 bits per heavy atom. The molecule has 0 unspecified atom stereocenters. The Morgan fingerprint density at radius 2 is 2.00 bits per heavy atom. The highest BCUT2D eigenvalue weighted by molar-refractivity contribution is 6.31. The van der Waals surface area contributed by atoms with E-state index in [9.17, 15) is 17.6 Å². The maximum atomic E-state index is 12.6. The number of aryl methyl sites for hydroxylation is 1. The van der Waals surface area contributed by atoms with E-state index in [1.165, 1.54) is 0 Å². The third-order valence-electron chi connectivity index (χ3n) is 2.20. The molecule has 0 aliphatic heterocycles. The molecule has 0 heterocycles. The molecule has 0 saturated heterocycles. The van der Waals surface area contributed by atoms with Crippen LogP contribution in [0.1, 0.15) is 11.1 Å². The molecule has 1 rings (SSSR count). The summed E-state index contributed by atoms with van der Waals surface area (Å²) in [5.41, 5.74) is 1.54. The minimum absolute atomic E-state index is 0.0292. The van der Waals surface area contributed by atoms with Gasteiger partial charge >= 0.3 is 12.3 Å². The van der Waals surface area contributed by atoms with Gasteiger partial charge < -0.3 is 5.32 Å². The van der Waals surface area contributed by atoms with E-state index in [1.54, 1.807) is 18.2 Å². The third-order valence-corrected chi connectivity index (χ3v) is 2.56. The van der Waals surface area contributed by atoms with E-state index in [0.29, 0.717) is 10.6 Å². The van der Waals surface area contributed by atoms with Gasteiger partial charge in [-0.1, -0.05) is 23.7 Å². The van der Waals surface area contributed by atoms with Gasteiger partial charge in [0.05, 0.1) is 6.54 Å². The van der Waals surface area contributed by atoms with Crippen molar-refractivity contribution < 1.29 is 17.6 Å². The first-order valence-corrected chi connectivity index (χ1v) is 5.32. The molecule has 0 atom stereocenters. The maximum Gasteiger partial charge on any atom is 0.319 e. The lowest BCUT2D eigenvalue weighted by Gasteiger charge is -2.16. The van der Waals surface area contributed by atoms with Crippen LogP contribution >= 0.6 is 11.6 Å². The SMILES string of the molecule is Cc1ccc(CNCC(F)(F)C(F)F)c(Cl)c1. The van der Waals surface area contributed by atoms with Crippen LogP contribution in [-0.2, 0) is 6.54 Å². The fourth-order valence-electron chi connectivity index (χ4n) is 1.24. The number of hydrogen-bond acceptors (Lipinski definition) is 1. The molecule has 0 aliphatic rings. The maximum absolute atomic E-state index is 12.6. The van der Waals surface area contributed by atoms with Gasteiger partial charge in [-0.25, -0.2) is 8.78 Å². The van der Waals surface area contributed by atoms with E-state index in [1.807, 2.05) is 6.92 Å². The van der Waals surface area contributed by atoms with E-state index < -0.39 is 18.9 Å². The summed E-state index contributed by atoms with van der Waals surface area (Å²) in [6.45, 7) is 0.796. The zero-order valence-corrected chi connectivity index (χ0v) is 9.87. The van der Waals surface area contributed by atoms with Crippen LogP contribution in [0.4, 0.5) is 17.6 Å². The lowest BCUT2D eigenvalue weighted by atomic mass is 10.1. The number of benzene rings is 1. The van der Waals surface area contributed by atoms with Crippen molar-refractivity contribution in [1.29, 1.82) is 0 Å². The average molecular weight is 270 g/mol. The molecule has 1 aromatic rings. The Kier molecular flexibility index (Phi) is 4.77. The van der Waals surface area contributed by atoms with Crippen LogP contribution in [0.15, 0.2) is 18.2 Å². The van der Waals surface area contributed by atoms with Crippen molar-refractivity contribution in [2.45, 2.75) is 25.8 Å². The zero-order chi connectivity index (χ0) is 13.1. The highest BCUT2D eigenvalue weighted by Crippen LogP contribution is 2.22. The minimum Gasteiger partial charge on any atom is -0.307 e. The number of rotatable bonds is 5. The number of nitrogens with one attached hydrogen (secondary N) is 1. The van der Waals surface area contributed by atoms with Crippen LogP contribution in [0.25, 0.3) is 0 Å². The van der Waals surface area contributed by atoms with Gasteiger partial charge in [0.2, 0.25) is 0 Å². The number of hydrogen-bond donors (Lipinski definition) is 1. The van der Waals surface area contributed by atoms with E-state index in [4.69, 9.17) is 11.6 Å². The Labute approximate surface area is 102 Å². The third kappa shape index (κ3) is 4.16. The largest absolute Gasteiger partial charge is 0.319 e. The first-order chi connectivity index (χ1) is 7.83. The Bertz CT molecular complexity index is 382. The fourth-order valence-corrected chi connectivity index (χ4v) is 1.54. The first kappa shape index (κ1) is 14.3. The van der Waals surface area contributed by atoms with E-state index in [2.05, 4.69) is 5.32 Å². The van der Waals surface area contributed by atoms with Gasteiger partial charge in [0, 0.05) is 11.6 Å². The lowest BCUT2D eigenvalue weighted by Crippen LogP contribution is -2.38. The van der Waals surface area contributed by atoms with Crippen LogP contribution in [0.5, 0.6) is 0 Å². The molecule has 0 aliphatic carbocycles. The second-order valence-corrected chi connectivity index (χ2v) is 4.17. The smallest absolute Gasteiger partial charge is 0.307 e. The topological polar surface area (TPSA) is 12.0 Å². The molecule has 0 aromatic heterocycles. The lowest BCUT2D eigenvalue weighted by molar-refractivity contribution is -0.125. The standard InChI is InChI=1S/C11H12ClF4N/c1-7-2-3-8(9(12)4-7)5-17-6-11(15,16)10(13)14/h2-4,10,17H,5-6H2,1H3. The molecule has 6 heteroatoms. The molecular weight excluding hydrogens is 258 g/mol. The molecule has 17 heavy (non-hydrogen) atoms. The molecule has 1 nitrogen and oxygen atoms in total. The molecule has 0 spiro atoms. The van der Waals surface area contributed by atoms with Crippen LogP contribution in [0.2, 0.25) is 5.02 Å². The number of alkyl halides is 4. The summed E-state index contributed by atoms with van der Waals surface area (Å²) in [6, 6.07) is 5.13. The van der Waals surface area contributed by atoms with Crippen molar-refractivity contribution in [3.8, 4) is 0 Å². The molecule has 0 bridgehead atoms. The highest BCUT2D eigenvalue weighted by atomic mass is 35.5. The molecule has 0 fully saturated rings. The summed E-state index contributed by atoms with van der Waals surface area (Å²) in [4.78, 5) is 0. The molecule has 1 N–H and O–H groups in total. The van der Waals surface area contributed by atoms with Crippen LogP contribution in [0, 0.1) is 6.92 Å². The Hall–Kier alpha value is -0.810. The van der Waals surface area contributed by atoms with Gasteiger partial charge in [-0.05, 0) is 24.1 Å². The normalized spacial score (nSPS) is 12.2. The second kappa shape index (κ2) is 5.69. The number of halogens is 5. The predicted octanol–water partition coefficient (Wildman–Crippen LogP) is 3.64. The van der Waals surface area contributed by atoms with E-state index >= 15 is 0 Å². The van der Waals surface area contributed by atoms with Crippen LogP contribution in [-0.4, -0.2) is 18.9 Å². The van der Waals surface area contributed by atoms with Crippen LogP contribution in [0.3, 0.4) is 0 Å². The quantitative estimate of drug-likeness (QED) is 0.805. The molecule has 0 radical (unpaired) electrons. The second-order valence-electron chi connectivity index (χ2n) is 3.76. The zero-order valence-electron chi connectivity index (χ0n) is 9.11. The molecule has 96 valence electrons. The summed E-state index contributed by atoms with van der Waals surface area (Å²) in [6.07, 6.45) is -3.66. The van der Waals surface area contributed by atoms with Gasteiger partial charge in [0.15, 0.2) is 0 Å². The predicted molar refractivity (Wildman–Crippen MR) is 58.8 cm³/mol. The van der Waals surface area contributed by atoms with Gasteiger partial charge in [-0.3, -0.25) is 0 Å². The molecule has 0 amide bonds. The van der Waals surface area contributed by atoms with Crippen molar-refractivity contribution in [3.63, 3.8) is 0 Å². The summed E-state index contributed by atoms with van der Waals surface area (Å²) in [7, 11) is 0. The molecule has 1 aromatic carbocycles. The van der Waals surface area contributed by atoms with Gasteiger partial charge in [0.25, 0.3) is 0 Å². The van der Waals surface area contributed by atoms with Crippen molar-refractivity contribution in [2.75, 3.05) is 6.54 Å². The van der Waals surface area contributed by atoms with Gasteiger partial charge in [-0.2, -0.15) is 8.78 Å². The van der Waals surface area contributed by atoms with Crippen molar-refractivity contribution >= 4 is 11.6 Å². The summed E-state index contributed by atoms with van der Waals surface area (Å²) in [5.74, 6) is -4.02. The molecule has 0 saturated carbocycles. The summed E-state index contributed by atoms with van der Waals surface area (Å²) < 4.78 is 48.8. The van der Waals surface area contributed by atoms with Gasteiger partial charge in [-0.15, -0.1) is 0 Å². The van der Waals surface area contributed by atoms with Crippen molar-refractivity contribution in [2.24, 2.45) is 0 Å². The summed E-state index contributed by atoms with van der Waals surface area (Å²) >= 11 is 5.87. The minimum atomic E-state index is -4.02. The first-order valence-electron chi connectivity index (χ1n) is 4.94. The monoisotopic (exact) mass is 269 g/mol. The highest BCUT2D eigenvalue weighted by Gasteiger charge is 2.39. The summed E-state index contributed by atoms with van der Waals surface area (Å²) in [5, 5.41) is 2.70. The fraction of sp³-hybridized carbons (Fsp3) is 0.455. The Morgan fingerprint density at radius 3 is 2.53 bits per heavy atom. The van der Waals surface area contributed by atoms with Crippen LogP contribution < -0.4 is 5.32 Å². The average Bonchev–Trinajstić information content (AvgIpc) is 2.21. The van der Waals surface area contributed by atoms with Crippen molar-refractivity contribution in [1.82, 2.24) is 5.32 Å². The van der Waals surface area contributed by atoms with E-state index in [-0.39, 0.29) is 6.54 Å². The molecular formula is C11H12ClF4N. The van der Waals surface area contributed by atoms with Gasteiger partial charge in [0.1, 0.15) is 0 Å².